The Morgan fingerprint density at radius 3 is 2.35 bits per heavy atom. The Morgan fingerprint density at radius 1 is 1.06 bits per heavy atom. The average Bonchev–Trinajstić information content (AvgIpc) is 3.21. The highest BCUT2D eigenvalue weighted by Gasteiger charge is 2.19. The predicted octanol–water partition coefficient (Wildman–Crippen LogP) is 5.43. The SMILES string of the molecule is CCn1c(-c2ccc(C(=O)Nc3ccc([N+](=O)OC)cc3)cc2)c(C#N)c2ccc(OC)cc21. The summed E-state index contributed by atoms with van der Waals surface area (Å²) in [6.45, 7) is 2.69. The molecule has 0 aliphatic rings. The van der Waals surface area contributed by atoms with Crippen LogP contribution in [-0.4, -0.2) is 29.6 Å². The molecule has 0 fully saturated rings. The molecule has 0 spiro atoms. The van der Waals surface area contributed by atoms with Crippen molar-refractivity contribution in [1.29, 1.82) is 5.26 Å². The third-order valence-electron chi connectivity index (χ3n) is 5.62. The quantitative estimate of drug-likeness (QED) is 0.375. The second-order valence-electron chi connectivity index (χ2n) is 7.48. The molecule has 1 heterocycles. The molecule has 0 saturated carbocycles. The summed E-state index contributed by atoms with van der Waals surface area (Å²) in [4.78, 5) is 29.2. The van der Waals surface area contributed by atoms with E-state index in [-0.39, 0.29) is 5.91 Å². The maximum absolute atomic E-state index is 12.7. The van der Waals surface area contributed by atoms with Gasteiger partial charge in [-0.3, -0.25) is 4.79 Å². The molecular weight excluding hydrogens is 432 g/mol. The number of anilines is 1. The lowest BCUT2D eigenvalue weighted by atomic mass is 10.0. The second-order valence-corrected chi connectivity index (χ2v) is 7.48. The Morgan fingerprint density at radius 2 is 1.76 bits per heavy atom. The maximum atomic E-state index is 12.7. The van der Waals surface area contributed by atoms with E-state index in [0.29, 0.717) is 34.0 Å². The lowest BCUT2D eigenvalue weighted by Crippen LogP contribution is -2.11. The molecule has 3 aromatic carbocycles. The molecular formula is C26H23N4O4+. The van der Waals surface area contributed by atoms with Crippen LogP contribution >= 0.6 is 0 Å². The van der Waals surface area contributed by atoms with Crippen LogP contribution in [0, 0.1) is 16.2 Å². The Kier molecular flexibility index (Phi) is 6.28. The maximum Gasteiger partial charge on any atom is 0.316 e. The Labute approximate surface area is 196 Å². The van der Waals surface area contributed by atoms with Crippen molar-refractivity contribution in [2.24, 2.45) is 0 Å². The number of carbonyl (C=O) groups is 1. The van der Waals surface area contributed by atoms with Crippen LogP contribution in [0.3, 0.4) is 0 Å². The number of methoxy groups -OCH3 is 1. The summed E-state index contributed by atoms with van der Waals surface area (Å²) in [5.74, 6) is 0.437. The van der Waals surface area contributed by atoms with E-state index in [0.717, 1.165) is 27.9 Å². The van der Waals surface area contributed by atoms with E-state index in [1.165, 1.54) is 7.11 Å². The van der Waals surface area contributed by atoms with Crippen molar-refractivity contribution in [2.45, 2.75) is 13.5 Å². The van der Waals surface area contributed by atoms with Crippen LogP contribution in [-0.2, 0) is 11.4 Å². The van der Waals surface area contributed by atoms with Gasteiger partial charge in [0.15, 0.2) is 7.11 Å². The first kappa shape index (κ1) is 22.6. The standard InChI is InChI=1S/C26H22N4O4/c1-4-29-24-15-21(33-2)13-14-22(24)23(16-27)25(29)17-5-7-18(8-6-17)26(31)28-19-9-11-20(12-10-19)30(32)34-3/h5-15H,4H2,1-3H3/p+1. The molecule has 0 aliphatic heterocycles. The third-order valence-corrected chi connectivity index (χ3v) is 5.62. The number of carbonyl (C=O) groups excluding carboxylic acids is 1. The molecule has 34 heavy (non-hydrogen) atoms. The van der Waals surface area contributed by atoms with E-state index in [9.17, 15) is 15.0 Å². The van der Waals surface area contributed by atoms with Crippen LogP contribution in [0.1, 0.15) is 22.8 Å². The van der Waals surface area contributed by atoms with Crippen molar-refractivity contribution in [3.05, 3.63) is 82.8 Å². The highest BCUT2D eigenvalue weighted by Crippen LogP contribution is 2.35. The highest BCUT2D eigenvalue weighted by molar-refractivity contribution is 6.04. The van der Waals surface area contributed by atoms with Crippen LogP contribution < -0.4 is 10.1 Å². The van der Waals surface area contributed by atoms with Gasteiger partial charge in [0.2, 0.25) is 0 Å². The number of ether oxygens (including phenoxy) is 1. The van der Waals surface area contributed by atoms with Crippen molar-refractivity contribution in [2.75, 3.05) is 19.5 Å². The number of nitriles is 1. The number of aryl methyl sites for hydroxylation is 1. The first-order chi connectivity index (χ1) is 16.5. The van der Waals surface area contributed by atoms with E-state index < -0.39 is 0 Å². The van der Waals surface area contributed by atoms with Gasteiger partial charge in [-0.25, -0.2) is 4.84 Å². The third kappa shape index (κ3) is 4.07. The van der Waals surface area contributed by atoms with Crippen LogP contribution in [0.2, 0.25) is 0 Å². The van der Waals surface area contributed by atoms with Gasteiger partial charge in [0.05, 0.1) is 28.8 Å². The summed E-state index contributed by atoms with van der Waals surface area (Å²) < 4.78 is 7.44. The van der Waals surface area contributed by atoms with Crippen molar-refractivity contribution in [3.63, 3.8) is 0 Å². The van der Waals surface area contributed by atoms with E-state index in [4.69, 9.17) is 4.74 Å². The van der Waals surface area contributed by atoms with Gasteiger partial charge in [0.25, 0.3) is 10.8 Å². The number of hydrogen-bond acceptors (Lipinski definition) is 5. The minimum Gasteiger partial charge on any atom is -0.497 e. The van der Waals surface area contributed by atoms with Gasteiger partial charge >= 0.3 is 5.69 Å². The monoisotopic (exact) mass is 455 g/mol. The van der Waals surface area contributed by atoms with E-state index in [1.54, 1.807) is 43.5 Å². The van der Waals surface area contributed by atoms with Crippen molar-refractivity contribution in [1.82, 2.24) is 4.57 Å². The predicted molar refractivity (Wildman–Crippen MR) is 129 cm³/mol. The van der Waals surface area contributed by atoms with E-state index in [2.05, 4.69) is 20.8 Å². The fourth-order valence-electron chi connectivity index (χ4n) is 3.95. The fraction of sp³-hybridized carbons (Fsp3) is 0.154. The summed E-state index contributed by atoms with van der Waals surface area (Å²) in [6.07, 6.45) is 0. The van der Waals surface area contributed by atoms with E-state index in [1.807, 2.05) is 37.3 Å². The molecule has 0 radical (unpaired) electrons. The molecule has 8 heteroatoms. The van der Waals surface area contributed by atoms with Gasteiger partial charge < -0.3 is 14.6 Å². The number of nitrogens with zero attached hydrogens (tertiary/aromatic N) is 3. The van der Waals surface area contributed by atoms with Gasteiger partial charge in [0, 0.05) is 41.4 Å². The van der Waals surface area contributed by atoms with Gasteiger partial charge in [-0.2, -0.15) is 5.26 Å². The molecule has 1 amide bonds. The van der Waals surface area contributed by atoms with Crippen molar-refractivity contribution in [3.8, 4) is 23.1 Å². The fourth-order valence-corrected chi connectivity index (χ4v) is 3.95. The first-order valence-electron chi connectivity index (χ1n) is 10.6. The number of hydrogen-bond donors (Lipinski definition) is 1. The smallest absolute Gasteiger partial charge is 0.316 e. The van der Waals surface area contributed by atoms with Crippen molar-refractivity contribution >= 4 is 28.2 Å². The highest BCUT2D eigenvalue weighted by atomic mass is 16.8. The lowest BCUT2D eigenvalue weighted by molar-refractivity contribution is -0.736. The van der Waals surface area contributed by atoms with Crippen molar-refractivity contribution < 1.29 is 19.3 Å². The minimum absolute atomic E-state index is 0.286. The summed E-state index contributed by atoms with van der Waals surface area (Å²) in [5.41, 5.74) is 4.48. The summed E-state index contributed by atoms with van der Waals surface area (Å²) in [6, 6.07) is 21.5. The molecule has 4 rings (SSSR count). The molecule has 0 aliphatic carbocycles. The minimum atomic E-state index is -0.286. The number of rotatable bonds is 7. The first-order valence-corrected chi connectivity index (χ1v) is 10.6. The van der Waals surface area contributed by atoms with E-state index >= 15 is 0 Å². The average molecular weight is 455 g/mol. The van der Waals surface area contributed by atoms with Gasteiger partial charge in [-0.15, -0.1) is 0 Å². The summed E-state index contributed by atoms with van der Waals surface area (Å²) >= 11 is 0. The molecule has 1 aromatic heterocycles. The Bertz CT molecular complexity index is 1410. The molecule has 4 aromatic rings. The summed E-state index contributed by atoms with van der Waals surface area (Å²) in [5, 5.41) is 13.6. The van der Waals surface area contributed by atoms with Gasteiger partial charge in [-0.1, -0.05) is 12.1 Å². The largest absolute Gasteiger partial charge is 0.497 e. The topological polar surface area (TPSA) is 96.4 Å². The molecule has 0 atom stereocenters. The Balaban J connectivity index is 1.63. The number of nitrogens with one attached hydrogen (secondary N) is 1. The molecule has 170 valence electrons. The molecule has 0 saturated heterocycles. The van der Waals surface area contributed by atoms with Crippen LogP contribution in [0.15, 0.2) is 66.7 Å². The van der Waals surface area contributed by atoms with Crippen LogP contribution in [0.4, 0.5) is 11.4 Å². The zero-order valence-electron chi connectivity index (χ0n) is 19.0. The van der Waals surface area contributed by atoms with Gasteiger partial charge in [0.1, 0.15) is 11.8 Å². The lowest BCUT2D eigenvalue weighted by Gasteiger charge is -2.10. The number of fused-ring (bicyclic) bond motifs is 1. The normalized spacial score (nSPS) is 10.5. The van der Waals surface area contributed by atoms with Gasteiger partial charge in [-0.05, 0) is 48.9 Å². The molecule has 0 unspecified atom stereocenters. The molecule has 0 bridgehead atoms. The number of benzene rings is 3. The zero-order chi connectivity index (χ0) is 24.2. The number of amides is 1. The number of aromatic nitrogens is 1. The van der Waals surface area contributed by atoms with Crippen LogP contribution in [0.5, 0.6) is 5.75 Å². The summed E-state index contributed by atoms with van der Waals surface area (Å²) in [7, 11) is 2.89. The molecule has 8 nitrogen and oxygen atoms in total. The zero-order valence-corrected chi connectivity index (χ0v) is 19.0. The second kappa shape index (κ2) is 9.46. The van der Waals surface area contributed by atoms with Crippen LogP contribution in [0.25, 0.3) is 22.2 Å². The Hall–Kier alpha value is -4.64. The molecule has 1 N–H and O–H groups in total.